The summed E-state index contributed by atoms with van der Waals surface area (Å²) >= 11 is 0. The minimum atomic E-state index is -4.52. The number of Topliss-reactive ketones (excluding diaryl/α,β-unsaturated/α-hetero) is 1. The van der Waals surface area contributed by atoms with Gasteiger partial charge in [0.2, 0.25) is 0 Å². The number of ketones is 1. The number of nitrogens with one attached hydrogen (secondary N) is 1. The minimum absolute atomic E-state index is 0.00736. The molecule has 2 aromatic rings. The number of amides is 1. The predicted molar refractivity (Wildman–Crippen MR) is 90.2 cm³/mol. The average molecular weight is 377 g/mol. The number of fused-ring (bicyclic) bond motifs is 2. The van der Waals surface area contributed by atoms with Crippen molar-refractivity contribution >= 4 is 11.7 Å². The number of alkyl halides is 3. The summed E-state index contributed by atoms with van der Waals surface area (Å²) in [5, 5.41) is 6.44. The fraction of sp³-hybridized carbons (Fsp3) is 0.421. The van der Waals surface area contributed by atoms with Gasteiger partial charge in [-0.3, -0.25) is 14.3 Å². The highest BCUT2D eigenvalue weighted by Gasteiger charge is 2.39. The average Bonchev–Trinajstić information content (AvgIpc) is 3.17. The van der Waals surface area contributed by atoms with Gasteiger partial charge in [-0.1, -0.05) is 18.2 Å². The molecular formula is C19H18F3N3O2. The van der Waals surface area contributed by atoms with Crippen molar-refractivity contribution in [1.82, 2.24) is 15.1 Å². The first-order valence-electron chi connectivity index (χ1n) is 8.91. The second-order valence-electron chi connectivity index (χ2n) is 6.99. The first kappa shape index (κ1) is 17.8. The molecule has 2 aliphatic rings. The number of hydrogen-bond donors (Lipinski definition) is 1. The van der Waals surface area contributed by atoms with Crippen LogP contribution in [0.4, 0.5) is 13.2 Å². The third-order valence-electron chi connectivity index (χ3n) is 5.14. The van der Waals surface area contributed by atoms with Crippen LogP contribution in [0.15, 0.2) is 18.2 Å². The Kier molecular flexibility index (Phi) is 4.28. The molecule has 27 heavy (non-hydrogen) atoms. The van der Waals surface area contributed by atoms with Crippen LogP contribution in [0.5, 0.6) is 0 Å². The SMILES string of the molecule is O=C(Cc1cccc2c1C(=O)NC2)Cn1nc(C(F)(F)F)c2c1CCCC2. The van der Waals surface area contributed by atoms with E-state index in [0.29, 0.717) is 42.6 Å². The molecule has 0 fully saturated rings. The van der Waals surface area contributed by atoms with E-state index in [1.165, 1.54) is 4.68 Å². The fourth-order valence-electron chi connectivity index (χ4n) is 3.97. The van der Waals surface area contributed by atoms with Gasteiger partial charge in [0.25, 0.3) is 5.91 Å². The number of carbonyl (C=O) groups excluding carboxylic acids is 2. The topological polar surface area (TPSA) is 64.0 Å². The summed E-state index contributed by atoms with van der Waals surface area (Å²) in [4.78, 5) is 24.5. The Morgan fingerprint density at radius 1 is 1.22 bits per heavy atom. The largest absolute Gasteiger partial charge is 0.435 e. The number of aromatic nitrogens is 2. The predicted octanol–water partition coefficient (Wildman–Crippen LogP) is 2.84. The van der Waals surface area contributed by atoms with Crippen molar-refractivity contribution in [3.8, 4) is 0 Å². The summed E-state index contributed by atoms with van der Waals surface area (Å²) in [7, 11) is 0. The van der Waals surface area contributed by atoms with Crippen LogP contribution in [-0.2, 0) is 43.3 Å². The monoisotopic (exact) mass is 377 g/mol. The third-order valence-corrected chi connectivity index (χ3v) is 5.14. The number of nitrogens with zero attached hydrogens (tertiary/aromatic N) is 2. The third kappa shape index (κ3) is 3.24. The standard InChI is InChI=1S/C19H18F3N3O2/c20-19(21,22)17-14-6-1-2-7-15(14)25(24-17)10-13(26)8-11-4-3-5-12-9-23-18(27)16(11)12/h3-5H,1-2,6-10H2,(H,23,27). The number of rotatable bonds is 4. The molecular weight excluding hydrogens is 359 g/mol. The van der Waals surface area contributed by atoms with Crippen LogP contribution in [0.1, 0.15) is 51.3 Å². The van der Waals surface area contributed by atoms with E-state index in [0.717, 1.165) is 12.0 Å². The quantitative estimate of drug-likeness (QED) is 0.891. The Labute approximate surface area is 153 Å². The van der Waals surface area contributed by atoms with E-state index in [4.69, 9.17) is 0 Å². The van der Waals surface area contributed by atoms with Crippen LogP contribution >= 0.6 is 0 Å². The molecule has 1 aromatic carbocycles. The first-order valence-corrected chi connectivity index (χ1v) is 8.91. The molecule has 0 bridgehead atoms. The molecule has 0 saturated carbocycles. The molecule has 8 heteroatoms. The molecule has 1 aromatic heterocycles. The summed E-state index contributed by atoms with van der Waals surface area (Å²) in [5.41, 5.74) is 1.81. The Balaban J connectivity index is 1.59. The van der Waals surface area contributed by atoms with Gasteiger partial charge in [0.15, 0.2) is 11.5 Å². The van der Waals surface area contributed by atoms with Gasteiger partial charge in [-0.15, -0.1) is 0 Å². The lowest BCUT2D eigenvalue weighted by atomic mass is 9.95. The van der Waals surface area contributed by atoms with E-state index in [9.17, 15) is 22.8 Å². The van der Waals surface area contributed by atoms with E-state index < -0.39 is 11.9 Å². The van der Waals surface area contributed by atoms with Crippen molar-refractivity contribution in [1.29, 1.82) is 0 Å². The van der Waals surface area contributed by atoms with Crippen LogP contribution in [0.25, 0.3) is 0 Å². The molecule has 0 radical (unpaired) electrons. The molecule has 0 atom stereocenters. The van der Waals surface area contributed by atoms with Crippen LogP contribution in [0, 0.1) is 0 Å². The Morgan fingerprint density at radius 2 is 2.00 bits per heavy atom. The first-order chi connectivity index (χ1) is 12.8. The summed E-state index contributed by atoms with van der Waals surface area (Å²) in [5.74, 6) is -0.489. The molecule has 1 aliphatic heterocycles. The fourth-order valence-corrected chi connectivity index (χ4v) is 3.97. The van der Waals surface area contributed by atoms with Gasteiger partial charge in [0.05, 0.1) is 0 Å². The van der Waals surface area contributed by atoms with Gasteiger partial charge in [-0.25, -0.2) is 0 Å². The Hall–Kier alpha value is -2.64. The summed E-state index contributed by atoms with van der Waals surface area (Å²) < 4.78 is 41.0. The van der Waals surface area contributed by atoms with Crippen molar-refractivity contribution in [3.63, 3.8) is 0 Å². The van der Waals surface area contributed by atoms with Gasteiger partial charge < -0.3 is 5.32 Å². The molecule has 0 spiro atoms. The lowest BCUT2D eigenvalue weighted by Crippen LogP contribution is -2.19. The highest BCUT2D eigenvalue weighted by Crippen LogP contribution is 2.35. The van der Waals surface area contributed by atoms with Crippen LogP contribution < -0.4 is 5.32 Å². The molecule has 1 amide bonds. The summed E-state index contributed by atoms with van der Waals surface area (Å²) in [6, 6.07) is 5.31. The zero-order valence-corrected chi connectivity index (χ0v) is 14.5. The molecule has 2 heterocycles. The van der Waals surface area contributed by atoms with E-state index >= 15 is 0 Å². The van der Waals surface area contributed by atoms with E-state index in [1.54, 1.807) is 12.1 Å². The molecule has 0 saturated heterocycles. The number of hydrogen-bond acceptors (Lipinski definition) is 3. The van der Waals surface area contributed by atoms with E-state index in [1.807, 2.05) is 6.07 Å². The van der Waals surface area contributed by atoms with Crippen molar-refractivity contribution in [2.24, 2.45) is 0 Å². The molecule has 1 N–H and O–H groups in total. The van der Waals surface area contributed by atoms with Gasteiger partial charge in [-0.2, -0.15) is 18.3 Å². The molecule has 5 nitrogen and oxygen atoms in total. The maximum atomic E-state index is 13.3. The molecule has 1 aliphatic carbocycles. The Morgan fingerprint density at radius 3 is 2.78 bits per heavy atom. The Bertz CT molecular complexity index is 931. The number of carbonyl (C=O) groups is 2. The number of benzene rings is 1. The minimum Gasteiger partial charge on any atom is -0.348 e. The van der Waals surface area contributed by atoms with Gasteiger partial charge in [0.1, 0.15) is 6.54 Å². The highest BCUT2D eigenvalue weighted by molar-refractivity contribution is 6.00. The van der Waals surface area contributed by atoms with Crippen molar-refractivity contribution < 1.29 is 22.8 Å². The maximum absolute atomic E-state index is 13.3. The molecule has 0 unspecified atom stereocenters. The van der Waals surface area contributed by atoms with Gasteiger partial charge in [0, 0.05) is 29.8 Å². The smallest absolute Gasteiger partial charge is 0.348 e. The zero-order chi connectivity index (χ0) is 19.2. The zero-order valence-electron chi connectivity index (χ0n) is 14.5. The van der Waals surface area contributed by atoms with Gasteiger partial charge in [-0.05, 0) is 36.8 Å². The van der Waals surface area contributed by atoms with E-state index in [-0.39, 0.29) is 30.2 Å². The second kappa shape index (κ2) is 6.51. The molecule has 4 rings (SSSR count). The van der Waals surface area contributed by atoms with E-state index in [2.05, 4.69) is 10.4 Å². The van der Waals surface area contributed by atoms with Crippen molar-refractivity contribution in [2.45, 2.75) is 51.4 Å². The number of halogens is 3. The van der Waals surface area contributed by atoms with Crippen LogP contribution in [0.2, 0.25) is 0 Å². The maximum Gasteiger partial charge on any atom is 0.435 e. The van der Waals surface area contributed by atoms with Gasteiger partial charge >= 0.3 is 6.18 Å². The van der Waals surface area contributed by atoms with Crippen LogP contribution in [-0.4, -0.2) is 21.5 Å². The van der Waals surface area contributed by atoms with Crippen LogP contribution in [0.3, 0.4) is 0 Å². The molecule has 142 valence electrons. The summed E-state index contributed by atoms with van der Waals surface area (Å²) in [6.07, 6.45) is -2.21. The summed E-state index contributed by atoms with van der Waals surface area (Å²) in [6.45, 7) is 0.210. The lowest BCUT2D eigenvalue weighted by Gasteiger charge is -2.14. The van der Waals surface area contributed by atoms with Crippen molar-refractivity contribution in [3.05, 3.63) is 51.8 Å². The van der Waals surface area contributed by atoms with Crippen molar-refractivity contribution in [2.75, 3.05) is 0 Å². The normalized spacial score (nSPS) is 16.0. The lowest BCUT2D eigenvalue weighted by molar-refractivity contribution is -0.142. The second-order valence-corrected chi connectivity index (χ2v) is 6.99. The highest BCUT2D eigenvalue weighted by atomic mass is 19.4.